The van der Waals surface area contributed by atoms with Crippen molar-refractivity contribution in [2.75, 3.05) is 19.6 Å². The summed E-state index contributed by atoms with van der Waals surface area (Å²) in [4.78, 5) is 44.3. The van der Waals surface area contributed by atoms with E-state index in [0.29, 0.717) is 37.3 Å². The monoisotopic (exact) mass is 633 g/mol. The van der Waals surface area contributed by atoms with Crippen LogP contribution >= 0.6 is 0 Å². The summed E-state index contributed by atoms with van der Waals surface area (Å²) in [5.74, 6) is -2.66. The third-order valence-electron chi connectivity index (χ3n) is 7.81. The fourth-order valence-corrected chi connectivity index (χ4v) is 5.41. The van der Waals surface area contributed by atoms with Crippen molar-refractivity contribution < 1.29 is 32.7 Å². The smallest absolute Gasteiger partial charge is 0.475 e. The number of rotatable bonds is 8. The average Bonchev–Trinajstić information content (AvgIpc) is 3.49. The highest BCUT2D eigenvalue weighted by atomic mass is 19.4. The van der Waals surface area contributed by atoms with Gasteiger partial charge in [0, 0.05) is 49.7 Å². The summed E-state index contributed by atoms with van der Waals surface area (Å²) < 4.78 is 33.7. The lowest BCUT2D eigenvalue weighted by atomic mass is 10.0. The normalized spacial score (nSPS) is 14.7. The Labute approximate surface area is 264 Å². The Bertz CT molecular complexity index is 1710. The summed E-state index contributed by atoms with van der Waals surface area (Å²) >= 11 is 0. The van der Waals surface area contributed by atoms with Crippen LogP contribution in [0.5, 0.6) is 0 Å². The molecule has 1 atom stereocenters. The zero-order valence-electron chi connectivity index (χ0n) is 25.3. The number of benzene rings is 3. The van der Waals surface area contributed by atoms with Gasteiger partial charge in [0.1, 0.15) is 0 Å². The maximum absolute atomic E-state index is 13.6. The van der Waals surface area contributed by atoms with Crippen LogP contribution < -0.4 is 0 Å². The minimum absolute atomic E-state index is 0.0139. The van der Waals surface area contributed by atoms with Crippen LogP contribution in [0.15, 0.2) is 79.3 Å². The average molecular weight is 634 g/mol. The van der Waals surface area contributed by atoms with Gasteiger partial charge in [-0.15, -0.1) is 0 Å². The summed E-state index contributed by atoms with van der Waals surface area (Å²) in [6.45, 7) is 4.31. The SMILES string of the molecule is CCCC[C@H]1CN(C(=O)c2cccc3ccccc23)CCN1C(=O)Cc1cncn1Cc1ccc(C#N)cc1.O=C(O)C(F)(F)F. The lowest BCUT2D eigenvalue weighted by Gasteiger charge is -2.42. The number of fused-ring (bicyclic) bond motifs is 1. The molecule has 12 heteroatoms. The van der Waals surface area contributed by atoms with Crippen LogP contribution in [0.2, 0.25) is 0 Å². The first-order valence-corrected chi connectivity index (χ1v) is 14.9. The van der Waals surface area contributed by atoms with E-state index in [1.165, 1.54) is 0 Å². The number of amides is 2. The van der Waals surface area contributed by atoms with E-state index in [-0.39, 0.29) is 24.3 Å². The maximum Gasteiger partial charge on any atom is 0.490 e. The summed E-state index contributed by atoms with van der Waals surface area (Å²) in [5, 5.41) is 18.2. The Morgan fingerprint density at radius 1 is 1.02 bits per heavy atom. The highest BCUT2D eigenvalue weighted by Gasteiger charge is 2.38. The minimum atomic E-state index is -5.08. The van der Waals surface area contributed by atoms with Crippen LogP contribution in [0.25, 0.3) is 10.8 Å². The van der Waals surface area contributed by atoms with E-state index in [1.54, 1.807) is 24.7 Å². The van der Waals surface area contributed by atoms with Crippen LogP contribution in [0.1, 0.15) is 53.4 Å². The van der Waals surface area contributed by atoms with Crippen molar-refractivity contribution >= 4 is 28.6 Å². The van der Waals surface area contributed by atoms with E-state index in [2.05, 4.69) is 18.0 Å². The molecule has 1 aromatic heterocycles. The Hall–Kier alpha value is -5.18. The number of carbonyl (C=O) groups excluding carboxylic acids is 2. The number of carbonyl (C=O) groups is 3. The van der Waals surface area contributed by atoms with Gasteiger partial charge in [0.2, 0.25) is 5.91 Å². The van der Waals surface area contributed by atoms with Crippen LogP contribution in [-0.2, 0) is 22.6 Å². The number of carboxylic acid groups (broad SMARTS) is 1. The van der Waals surface area contributed by atoms with Crippen molar-refractivity contribution in [1.29, 1.82) is 5.26 Å². The number of piperazine rings is 1. The quantitative estimate of drug-likeness (QED) is 0.267. The third-order valence-corrected chi connectivity index (χ3v) is 7.81. The zero-order valence-corrected chi connectivity index (χ0v) is 25.3. The first-order chi connectivity index (χ1) is 22.0. The molecule has 4 aromatic rings. The molecule has 0 aliphatic carbocycles. The Kier molecular flexibility index (Phi) is 11.1. The summed E-state index contributed by atoms with van der Waals surface area (Å²) in [6, 6.07) is 23.4. The summed E-state index contributed by atoms with van der Waals surface area (Å²) in [7, 11) is 0. The predicted octanol–water partition coefficient (Wildman–Crippen LogP) is 5.68. The summed E-state index contributed by atoms with van der Waals surface area (Å²) in [5.41, 5.74) is 3.24. The molecule has 2 amide bonds. The highest BCUT2D eigenvalue weighted by Crippen LogP contribution is 2.24. The molecular formula is C34H34F3N5O4. The van der Waals surface area contributed by atoms with Crippen molar-refractivity contribution in [3.05, 3.63) is 102 Å². The number of halogens is 3. The van der Waals surface area contributed by atoms with Gasteiger partial charge in [0.25, 0.3) is 5.91 Å². The number of nitriles is 1. The van der Waals surface area contributed by atoms with E-state index in [0.717, 1.165) is 41.3 Å². The van der Waals surface area contributed by atoms with Crippen molar-refractivity contribution in [3.63, 3.8) is 0 Å². The Morgan fingerprint density at radius 3 is 2.39 bits per heavy atom. The highest BCUT2D eigenvalue weighted by molar-refractivity contribution is 6.07. The maximum atomic E-state index is 13.6. The molecule has 0 radical (unpaired) electrons. The van der Waals surface area contributed by atoms with Crippen LogP contribution in [0.3, 0.4) is 0 Å². The molecule has 5 rings (SSSR count). The number of aromatic nitrogens is 2. The van der Waals surface area contributed by atoms with Gasteiger partial charge in [-0.1, -0.05) is 68.3 Å². The van der Waals surface area contributed by atoms with E-state index in [4.69, 9.17) is 15.2 Å². The topological polar surface area (TPSA) is 120 Å². The predicted molar refractivity (Wildman–Crippen MR) is 165 cm³/mol. The molecule has 1 fully saturated rings. The van der Waals surface area contributed by atoms with Gasteiger partial charge in [-0.25, -0.2) is 9.78 Å². The molecule has 1 N–H and O–H groups in total. The molecule has 0 unspecified atom stereocenters. The van der Waals surface area contributed by atoms with Gasteiger partial charge in [-0.3, -0.25) is 9.59 Å². The van der Waals surface area contributed by atoms with E-state index >= 15 is 0 Å². The second kappa shape index (κ2) is 15.2. The number of unbranched alkanes of at least 4 members (excludes halogenated alkanes) is 1. The van der Waals surface area contributed by atoms with Crippen molar-refractivity contribution in [2.45, 2.75) is 51.4 Å². The summed E-state index contributed by atoms with van der Waals surface area (Å²) in [6.07, 6.45) is 1.58. The molecule has 9 nitrogen and oxygen atoms in total. The van der Waals surface area contributed by atoms with Crippen LogP contribution in [-0.4, -0.2) is 74.1 Å². The number of nitrogens with zero attached hydrogens (tertiary/aromatic N) is 5. The second-order valence-electron chi connectivity index (χ2n) is 11.0. The van der Waals surface area contributed by atoms with Gasteiger partial charge in [-0.2, -0.15) is 18.4 Å². The molecule has 2 heterocycles. The second-order valence-corrected chi connectivity index (χ2v) is 11.0. The van der Waals surface area contributed by atoms with Gasteiger partial charge in [0.05, 0.1) is 24.4 Å². The fourth-order valence-electron chi connectivity index (χ4n) is 5.41. The van der Waals surface area contributed by atoms with Crippen LogP contribution in [0.4, 0.5) is 13.2 Å². The lowest BCUT2D eigenvalue weighted by Crippen LogP contribution is -2.57. The number of aliphatic carboxylic acids is 1. The molecule has 0 spiro atoms. The van der Waals surface area contributed by atoms with Gasteiger partial charge >= 0.3 is 12.1 Å². The molecule has 1 saturated heterocycles. The minimum Gasteiger partial charge on any atom is -0.475 e. The first kappa shape index (κ1) is 33.7. The first-order valence-electron chi connectivity index (χ1n) is 14.9. The molecular weight excluding hydrogens is 599 g/mol. The van der Waals surface area contributed by atoms with Crippen LogP contribution in [0, 0.1) is 11.3 Å². The molecule has 1 aliphatic heterocycles. The fraction of sp³-hybridized carbons (Fsp3) is 0.324. The van der Waals surface area contributed by atoms with E-state index in [1.807, 2.05) is 69.0 Å². The molecule has 1 aliphatic rings. The molecule has 240 valence electrons. The lowest BCUT2D eigenvalue weighted by molar-refractivity contribution is -0.192. The molecule has 0 saturated carbocycles. The Balaban J connectivity index is 0.000000617. The number of hydrogen-bond acceptors (Lipinski definition) is 5. The van der Waals surface area contributed by atoms with E-state index in [9.17, 15) is 22.8 Å². The van der Waals surface area contributed by atoms with Gasteiger partial charge in [-0.05, 0) is 41.0 Å². The number of hydrogen-bond donors (Lipinski definition) is 1. The number of carboxylic acids is 1. The van der Waals surface area contributed by atoms with Crippen molar-refractivity contribution in [2.24, 2.45) is 0 Å². The number of alkyl halides is 3. The largest absolute Gasteiger partial charge is 0.490 e. The van der Waals surface area contributed by atoms with E-state index < -0.39 is 12.1 Å². The molecule has 3 aromatic carbocycles. The standard InChI is InChI=1S/C32H33N5O2.C2HF3O2/c1-2-3-9-27-22-35(32(39)30-11-6-8-26-7-4-5-10-29(26)30)16-17-37(27)31(38)18-28-20-34-23-36(28)21-25-14-12-24(19-33)13-15-25;3-2(4,5)1(6)7/h4-8,10-15,20,23,27H,2-3,9,16-18,21-22H2,1H3;(H,6,7)/t27-;/m0./s1. The van der Waals surface area contributed by atoms with Gasteiger partial charge in [0.15, 0.2) is 0 Å². The zero-order chi connectivity index (χ0) is 33.3. The van der Waals surface area contributed by atoms with Crippen molar-refractivity contribution in [3.8, 4) is 6.07 Å². The third kappa shape index (κ3) is 8.50. The molecule has 46 heavy (non-hydrogen) atoms. The van der Waals surface area contributed by atoms with Gasteiger partial charge < -0.3 is 19.5 Å². The number of imidazole rings is 1. The molecule has 0 bridgehead atoms. The van der Waals surface area contributed by atoms with Crippen molar-refractivity contribution in [1.82, 2.24) is 19.4 Å². The Morgan fingerprint density at radius 2 is 1.72 bits per heavy atom.